The summed E-state index contributed by atoms with van der Waals surface area (Å²) in [6, 6.07) is 8.60. The molecule has 0 aliphatic carbocycles. The van der Waals surface area contributed by atoms with E-state index < -0.39 is 11.9 Å². The Balaban J connectivity index is 2.02. The second kappa shape index (κ2) is 7.31. The second-order valence-corrected chi connectivity index (χ2v) is 4.39. The number of anilines is 1. The Morgan fingerprint density at radius 1 is 1.32 bits per heavy atom. The number of amides is 1. The molecule has 0 aliphatic heterocycles. The van der Waals surface area contributed by atoms with E-state index in [0.29, 0.717) is 5.56 Å². The lowest BCUT2D eigenvalue weighted by atomic mass is 10.2. The van der Waals surface area contributed by atoms with Crippen LogP contribution in [0, 0.1) is 11.8 Å². The quantitative estimate of drug-likeness (QED) is 0.680. The highest BCUT2D eigenvalue weighted by Crippen LogP contribution is 2.19. The fourth-order valence-corrected chi connectivity index (χ4v) is 1.71. The summed E-state index contributed by atoms with van der Waals surface area (Å²) in [6.07, 6.45) is 2.86. The molecule has 22 heavy (non-hydrogen) atoms. The van der Waals surface area contributed by atoms with Crippen molar-refractivity contribution in [2.45, 2.75) is 13.5 Å². The minimum Gasteiger partial charge on any atom is -0.484 e. The van der Waals surface area contributed by atoms with Crippen LogP contribution in [0.15, 0.2) is 48.6 Å². The van der Waals surface area contributed by atoms with E-state index in [-0.39, 0.29) is 24.0 Å². The molecule has 4 nitrogen and oxygen atoms in total. The van der Waals surface area contributed by atoms with Gasteiger partial charge in [0.25, 0.3) is 5.95 Å². The largest absolute Gasteiger partial charge is 0.484 e. The zero-order chi connectivity index (χ0) is 15.9. The summed E-state index contributed by atoms with van der Waals surface area (Å²) < 4.78 is 32.1. The van der Waals surface area contributed by atoms with Crippen molar-refractivity contribution < 1.29 is 18.3 Å². The first-order valence-electron chi connectivity index (χ1n) is 6.56. The highest BCUT2D eigenvalue weighted by atomic mass is 19.1. The summed E-state index contributed by atoms with van der Waals surface area (Å²) in [7, 11) is 0. The van der Waals surface area contributed by atoms with Gasteiger partial charge >= 0.3 is 0 Å². The van der Waals surface area contributed by atoms with Crippen LogP contribution >= 0.6 is 0 Å². The van der Waals surface area contributed by atoms with Gasteiger partial charge in [-0.05, 0) is 42.8 Å². The van der Waals surface area contributed by atoms with Gasteiger partial charge in [-0.3, -0.25) is 4.79 Å². The van der Waals surface area contributed by atoms with E-state index in [0.717, 1.165) is 0 Å². The number of benzene rings is 1. The van der Waals surface area contributed by atoms with Crippen molar-refractivity contribution in [3.05, 3.63) is 65.9 Å². The van der Waals surface area contributed by atoms with Gasteiger partial charge in [-0.1, -0.05) is 18.2 Å². The first-order chi connectivity index (χ1) is 10.6. The van der Waals surface area contributed by atoms with E-state index >= 15 is 0 Å². The van der Waals surface area contributed by atoms with Gasteiger partial charge in [0, 0.05) is 0 Å². The average Bonchev–Trinajstić information content (AvgIpc) is 2.46. The molecule has 0 radical (unpaired) electrons. The number of hydrogen-bond acceptors (Lipinski definition) is 3. The number of halogens is 2. The SMILES string of the molecule is C/C=C/C(=O)Nc1ccc(OCc2cccc(F)c2)c(F)n1. The summed E-state index contributed by atoms with van der Waals surface area (Å²) in [6.45, 7) is 1.71. The standard InChI is InChI=1S/C16H14F2N2O2/c1-2-4-15(21)19-14-8-7-13(16(18)20-14)22-10-11-5-3-6-12(17)9-11/h2-9H,10H2,1H3,(H,19,20,21)/b4-2+. The number of nitrogens with one attached hydrogen (secondary N) is 1. The molecule has 0 atom stereocenters. The van der Waals surface area contributed by atoms with Crippen LogP contribution in [-0.4, -0.2) is 10.9 Å². The number of carbonyl (C=O) groups excluding carboxylic acids is 1. The number of carbonyl (C=O) groups is 1. The molecule has 0 saturated carbocycles. The Morgan fingerprint density at radius 2 is 2.14 bits per heavy atom. The fourth-order valence-electron chi connectivity index (χ4n) is 1.71. The smallest absolute Gasteiger partial charge is 0.257 e. The third-order valence-corrected chi connectivity index (χ3v) is 2.67. The zero-order valence-corrected chi connectivity index (χ0v) is 11.8. The van der Waals surface area contributed by atoms with Gasteiger partial charge in [0.15, 0.2) is 5.75 Å². The molecule has 6 heteroatoms. The zero-order valence-electron chi connectivity index (χ0n) is 11.8. The summed E-state index contributed by atoms with van der Waals surface area (Å²) >= 11 is 0. The van der Waals surface area contributed by atoms with Crippen molar-refractivity contribution in [2.24, 2.45) is 0 Å². The number of nitrogens with zero attached hydrogens (tertiary/aromatic N) is 1. The minimum absolute atomic E-state index is 0.0145. The number of allylic oxidation sites excluding steroid dienone is 1. The molecular weight excluding hydrogens is 290 g/mol. The summed E-state index contributed by atoms with van der Waals surface area (Å²) in [4.78, 5) is 14.9. The Hall–Kier alpha value is -2.76. The lowest BCUT2D eigenvalue weighted by Crippen LogP contribution is -2.10. The lowest BCUT2D eigenvalue weighted by Gasteiger charge is -2.08. The molecule has 0 spiro atoms. The van der Waals surface area contributed by atoms with Gasteiger partial charge in [-0.2, -0.15) is 9.37 Å². The molecule has 2 rings (SSSR count). The van der Waals surface area contributed by atoms with Crippen molar-refractivity contribution in [2.75, 3.05) is 5.32 Å². The highest BCUT2D eigenvalue weighted by molar-refractivity contribution is 5.98. The van der Waals surface area contributed by atoms with E-state index in [9.17, 15) is 13.6 Å². The number of hydrogen-bond donors (Lipinski definition) is 1. The minimum atomic E-state index is -0.852. The number of pyridine rings is 1. The predicted molar refractivity (Wildman–Crippen MR) is 78.4 cm³/mol. The van der Waals surface area contributed by atoms with E-state index in [1.54, 1.807) is 25.1 Å². The maximum absolute atomic E-state index is 13.8. The molecule has 0 saturated heterocycles. The number of rotatable bonds is 5. The van der Waals surface area contributed by atoms with Crippen molar-refractivity contribution in [1.29, 1.82) is 0 Å². The molecule has 2 aromatic rings. The average molecular weight is 304 g/mol. The summed E-state index contributed by atoms with van der Waals surface area (Å²) in [5.41, 5.74) is 0.574. The first-order valence-corrected chi connectivity index (χ1v) is 6.56. The van der Waals surface area contributed by atoms with Crippen LogP contribution in [0.2, 0.25) is 0 Å². The molecule has 1 aromatic heterocycles. The Kier molecular flexibility index (Phi) is 5.19. The molecule has 0 unspecified atom stereocenters. The molecule has 1 N–H and O–H groups in total. The molecule has 1 amide bonds. The van der Waals surface area contributed by atoms with Crippen LogP contribution < -0.4 is 10.1 Å². The third-order valence-electron chi connectivity index (χ3n) is 2.67. The number of aromatic nitrogens is 1. The van der Waals surface area contributed by atoms with Gasteiger partial charge < -0.3 is 10.1 Å². The van der Waals surface area contributed by atoms with Gasteiger partial charge in [0.1, 0.15) is 18.2 Å². The van der Waals surface area contributed by atoms with E-state index in [2.05, 4.69) is 10.3 Å². The van der Waals surface area contributed by atoms with E-state index in [1.165, 1.54) is 30.3 Å². The van der Waals surface area contributed by atoms with Gasteiger partial charge in [-0.25, -0.2) is 4.39 Å². The van der Waals surface area contributed by atoms with E-state index in [1.807, 2.05) is 0 Å². The lowest BCUT2D eigenvalue weighted by molar-refractivity contribution is -0.111. The topological polar surface area (TPSA) is 51.2 Å². The van der Waals surface area contributed by atoms with Crippen LogP contribution in [0.1, 0.15) is 12.5 Å². The summed E-state index contributed by atoms with van der Waals surface area (Å²) in [5, 5.41) is 2.41. The second-order valence-electron chi connectivity index (χ2n) is 4.39. The summed E-state index contributed by atoms with van der Waals surface area (Å²) in [5.74, 6) is -1.63. The molecule has 0 bridgehead atoms. The fraction of sp³-hybridized carbons (Fsp3) is 0.125. The van der Waals surface area contributed by atoms with Crippen molar-refractivity contribution in [1.82, 2.24) is 4.98 Å². The normalized spacial score (nSPS) is 10.7. The molecule has 114 valence electrons. The van der Waals surface area contributed by atoms with Gasteiger partial charge in [-0.15, -0.1) is 0 Å². The molecule has 1 heterocycles. The molecule has 0 aliphatic rings. The maximum Gasteiger partial charge on any atom is 0.257 e. The predicted octanol–water partition coefficient (Wildman–Crippen LogP) is 3.45. The Morgan fingerprint density at radius 3 is 2.82 bits per heavy atom. The maximum atomic E-state index is 13.8. The van der Waals surface area contributed by atoms with Crippen molar-refractivity contribution in [3.63, 3.8) is 0 Å². The van der Waals surface area contributed by atoms with Crippen molar-refractivity contribution in [3.8, 4) is 5.75 Å². The van der Waals surface area contributed by atoms with Gasteiger partial charge in [0.05, 0.1) is 0 Å². The first kappa shape index (κ1) is 15.6. The van der Waals surface area contributed by atoms with Crippen LogP contribution in [0.5, 0.6) is 5.75 Å². The monoisotopic (exact) mass is 304 g/mol. The van der Waals surface area contributed by atoms with Gasteiger partial charge in [0.2, 0.25) is 5.91 Å². The van der Waals surface area contributed by atoms with Crippen LogP contribution in [0.25, 0.3) is 0 Å². The Labute approximate surface area is 126 Å². The number of ether oxygens (including phenoxy) is 1. The molecule has 1 aromatic carbocycles. The highest BCUT2D eigenvalue weighted by Gasteiger charge is 2.08. The van der Waals surface area contributed by atoms with Crippen LogP contribution in [0.4, 0.5) is 14.6 Å². The third kappa shape index (κ3) is 4.37. The van der Waals surface area contributed by atoms with E-state index in [4.69, 9.17) is 4.74 Å². The van der Waals surface area contributed by atoms with Crippen LogP contribution in [-0.2, 0) is 11.4 Å². The molecular formula is C16H14F2N2O2. The van der Waals surface area contributed by atoms with Crippen LogP contribution in [0.3, 0.4) is 0 Å². The van der Waals surface area contributed by atoms with Crippen molar-refractivity contribution >= 4 is 11.7 Å². The Bertz CT molecular complexity index is 702. The molecule has 0 fully saturated rings.